The van der Waals surface area contributed by atoms with Gasteiger partial charge >= 0.3 is 0 Å². The summed E-state index contributed by atoms with van der Waals surface area (Å²) in [4.78, 5) is 22.7. The molecule has 2 heterocycles. The van der Waals surface area contributed by atoms with Crippen LogP contribution in [0, 0.1) is 6.92 Å². The smallest absolute Gasteiger partial charge is 0.227 e. The molecule has 6 nitrogen and oxygen atoms in total. The maximum Gasteiger partial charge on any atom is 0.227 e. The number of rotatable bonds is 9. The molecule has 2 aromatic heterocycles. The Hall–Kier alpha value is -3.03. The summed E-state index contributed by atoms with van der Waals surface area (Å²) >= 11 is 7.64. The highest BCUT2D eigenvalue weighted by Gasteiger charge is 2.14. The molecule has 0 spiro atoms. The molecule has 0 unspecified atom stereocenters. The molecule has 31 heavy (non-hydrogen) atoms. The van der Waals surface area contributed by atoms with Crippen LogP contribution in [0.5, 0.6) is 5.75 Å². The molecule has 0 bridgehead atoms. The van der Waals surface area contributed by atoms with E-state index in [1.54, 1.807) is 18.6 Å². The normalized spacial score (nSPS) is 11.1. The number of pyridine rings is 2. The van der Waals surface area contributed by atoms with Crippen molar-refractivity contribution in [1.29, 1.82) is 0 Å². The number of nitrogens with zero attached hydrogens (tertiary/aromatic N) is 3. The fraction of sp³-hybridized carbons (Fsp3) is 0.174. The summed E-state index contributed by atoms with van der Waals surface area (Å²) in [5, 5.41) is 1.40. The van der Waals surface area contributed by atoms with E-state index in [-0.39, 0.29) is 12.4 Å². The summed E-state index contributed by atoms with van der Waals surface area (Å²) in [6.07, 6.45) is 8.84. The molecule has 3 rings (SSSR count). The van der Waals surface area contributed by atoms with Crippen molar-refractivity contribution in [3.8, 4) is 5.75 Å². The predicted octanol–water partition coefficient (Wildman–Crippen LogP) is 5.23. The van der Waals surface area contributed by atoms with E-state index in [4.69, 9.17) is 27.1 Å². The van der Waals surface area contributed by atoms with Crippen LogP contribution in [-0.2, 0) is 11.4 Å². The number of hydrogen-bond acceptors (Lipinski definition) is 6. The van der Waals surface area contributed by atoms with E-state index in [2.05, 4.69) is 11.6 Å². The summed E-state index contributed by atoms with van der Waals surface area (Å²) in [5.74, 6) is 0.354. The highest BCUT2D eigenvalue weighted by atomic mass is 35.5. The number of halogens is 1. The molecular formula is C23H23ClN4O2S. The minimum absolute atomic E-state index is 0.135. The zero-order valence-electron chi connectivity index (χ0n) is 17.3. The third kappa shape index (κ3) is 5.37. The van der Waals surface area contributed by atoms with Crippen LogP contribution in [0.4, 0.5) is 5.69 Å². The van der Waals surface area contributed by atoms with Crippen LogP contribution in [0.15, 0.2) is 66.6 Å². The number of allylic oxidation sites excluding steroid dienone is 1. The summed E-state index contributed by atoms with van der Waals surface area (Å²) in [5.41, 5.74) is 8.57. The Morgan fingerprint density at radius 2 is 2.19 bits per heavy atom. The number of thioether (sulfide) groups is 1. The van der Waals surface area contributed by atoms with E-state index in [1.807, 2.05) is 55.3 Å². The quantitative estimate of drug-likeness (QED) is 0.446. The van der Waals surface area contributed by atoms with Gasteiger partial charge in [0, 0.05) is 46.3 Å². The van der Waals surface area contributed by atoms with Crippen LogP contribution in [0.3, 0.4) is 0 Å². The van der Waals surface area contributed by atoms with E-state index in [0.29, 0.717) is 10.8 Å². The second kappa shape index (κ2) is 10.3. The molecule has 8 heteroatoms. The van der Waals surface area contributed by atoms with Gasteiger partial charge in [-0.05, 0) is 26.0 Å². The van der Waals surface area contributed by atoms with E-state index in [0.717, 1.165) is 32.7 Å². The van der Waals surface area contributed by atoms with Crippen molar-refractivity contribution in [2.24, 2.45) is 5.73 Å². The molecule has 0 aliphatic heterocycles. The van der Waals surface area contributed by atoms with Crippen molar-refractivity contribution in [2.45, 2.75) is 25.3 Å². The van der Waals surface area contributed by atoms with E-state index >= 15 is 0 Å². The molecule has 160 valence electrons. The maximum atomic E-state index is 11.2. The van der Waals surface area contributed by atoms with Crippen LogP contribution in [0.1, 0.15) is 18.2 Å². The van der Waals surface area contributed by atoms with Crippen molar-refractivity contribution in [1.82, 2.24) is 9.97 Å². The average Bonchev–Trinajstić information content (AvgIpc) is 2.75. The SMILES string of the molecule is C=CN(/C=C\C)c1cc(C)nc2c(OCc3c(Cl)cncc3SCC(N)=O)cccc12. The topological polar surface area (TPSA) is 81.3 Å². The summed E-state index contributed by atoms with van der Waals surface area (Å²) in [7, 11) is 0. The number of amides is 1. The first-order valence-corrected chi connectivity index (χ1v) is 10.9. The molecule has 1 aromatic carbocycles. The van der Waals surface area contributed by atoms with Crippen molar-refractivity contribution in [2.75, 3.05) is 10.7 Å². The van der Waals surface area contributed by atoms with Crippen LogP contribution in [-0.4, -0.2) is 21.6 Å². The Bertz CT molecular complexity index is 1150. The number of fused-ring (bicyclic) bond motifs is 1. The molecule has 0 saturated carbocycles. The molecule has 0 aliphatic carbocycles. The fourth-order valence-corrected chi connectivity index (χ4v) is 4.11. The van der Waals surface area contributed by atoms with Gasteiger partial charge in [0.05, 0.1) is 16.5 Å². The molecule has 2 N–H and O–H groups in total. The number of para-hydroxylation sites is 1. The molecule has 0 saturated heterocycles. The van der Waals surface area contributed by atoms with Crippen molar-refractivity contribution in [3.63, 3.8) is 0 Å². The molecule has 0 aliphatic rings. The lowest BCUT2D eigenvalue weighted by Gasteiger charge is -2.19. The van der Waals surface area contributed by atoms with Gasteiger partial charge in [-0.3, -0.25) is 9.78 Å². The predicted molar refractivity (Wildman–Crippen MR) is 127 cm³/mol. The summed E-state index contributed by atoms with van der Waals surface area (Å²) < 4.78 is 6.15. The summed E-state index contributed by atoms with van der Waals surface area (Å²) in [6.45, 7) is 8.00. The number of aromatic nitrogens is 2. The van der Waals surface area contributed by atoms with Gasteiger partial charge in [0.15, 0.2) is 0 Å². The second-order valence-electron chi connectivity index (χ2n) is 6.65. The number of carbonyl (C=O) groups is 1. The standard InChI is InChI=1S/C23H23ClN4O2S/c1-4-9-28(5-2)19-10-15(3)27-23-16(19)7-6-8-20(23)30-13-17-18(24)11-26-12-21(17)31-14-22(25)29/h4-12H,2,13-14H2,1,3H3,(H2,25,29)/b9-4-. The number of benzene rings is 1. The average molecular weight is 455 g/mol. The van der Waals surface area contributed by atoms with Crippen molar-refractivity contribution in [3.05, 3.63) is 78.0 Å². The van der Waals surface area contributed by atoms with Gasteiger partial charge in [0.25, 0.3) is 0 Å². The lowest BCUT2D eigenvalue weighted by molar-refractivity contribution is -0.115. The lowest BCUT2D eigenvalue weighted by Crippen LogP contribution is -2.13. The van der Waals surface area contributed by atoms with Gasteiger partial charge in [-0.1, -0.05) is 36.4 Å². The van der Waals surface area contributed by atoms with Gasteiger partial charge in [-0.15, -0.1) is 11.8 Å². The molecular weight excluding hydrogens is 432 g/mol. The van der Waals surface area contributed by atoms with Crippen LogP contribution >= 0.6 is 23.4 Å². The Kier molecular flexibility index (Phi) is 7.55. The first kappa shape index (κ1) is 22.7. The first-order chi connectivity index (χ1) is 14.9. The largest absolute Gasteiger partial charge is 0.487 e. The van der Waals surface area contributed by atoms with E-state index in [9.17, 15) is 4.79 Å². The zero-order chi connectivity index (χ0) is 22.4. The Morgan fingerprint density at radius 1 is 1.39 bits per heavy atom. The van der Waals surface area contributed by atoms with Crippen LogP contribution < -0.4 is 15.4 Å². The van der Waals surface area contributed by atoms with E-state index in [1.165, 1.54) is 11.8 Å². The lowest BCUT2D eigenvalue weighted by atomic mass is 10.1. The number of anilines is 1. The summed E-state index contributed by atoms with van der Waals surface area (Å²) in [6, 6.07) is 7.80. The zero-order valence-corrected chi connectivity index (χ0v) is 18.9. The van der Waals surface area contributed by atoms with Crippen LogP contribution in [0.2, 0.25) is 5.02 Å². The Balaban J connectivity index is 1.98. The minimum Gasteiger partial charge on any atom is -0.487 e. The number of hydrogen-bond donors (Lipinski definition) is 1. The third-order valence-corrected chi connectivity index (χ3v) is 5.82. The number of nitrogens with two attached hydrogens (primary N) is 1. The second-order valence-corrected chi connectivity index (χ2v) is 8.07. The number of carbonyl (C=O) groups excluding carboxylic acids is 1. The molecule has 3 aromatic rings. The van der Waals surface area contributed by atoms with Gasteiger partial charge in [0.2, 0.25) is 5.91 Å². The van der Waals surface area contributed by atoms with Gasteiger partial charge in [-0.2, -0.15) is 0 Å². The minimum atomic E-state index is -0.411. The fourth-order valence-electron chi connectivity index (χ4n) is 3.07. The Labute approximate surface area is 190 Å². The number of primary amides is 1. The monoisotopic (exact) mass is 454 g/mol. The van der Waals surface area contributed by atoms with Gasteiger partial charge < -0.3 is 15.4 Å². The molecule has 0 atom stereocenters. The highest BCUT2D eigenvalue weighted by Crippen LogP contribution is 2.34. The van der Waals surface area contributed by atoms with Crippen LogP contribution in [0.25, 0.3) is 10.9 Å². The number of aryl methyl sites for hydroxylation is 1. The molecule has 0 radical (unpaired) electrons. The molecule has 0 fully saturated rings. The van der Waals surface area contributed by atoms with Crippen molar-refractivity contribution < 1.29 is 9.53 Å². The van der Waals surface area contributed by atoms with Gasteiger partial charge in [-0.25, -0.2) is 4.98 Å². The molecule has 1 amide bonds. The van der Waals surface area contributed by atoms with E-state index < -0.39 is 5.91 Å². The number of ether oxygens (including phenoxy) is 1. The first-order valence-electron chi connectivity index (χ1n) is 9.55. The highest BCUT2D eigenvalue weighted by molar-refractivity contribution is 8.00. The maximum absolute atomic E-state index is 11.2. The van der Waals surface area contributed by atoms with Crippen molar-refractivity contribution >= 4 is 45.9 Å². The van der Waals surface area contributed by atoms with Gasteiger partial charge in [0.1, 0.15) is 17.9 Å². The third-order valence-electron chi connectivity index (χ3n) is 4.40. The Morgan fingerprint density at radius 3 is 2.90 bits per heavy atom.